The third-order valence-electron chi connectivity index (χ3n) is 4.17. The predicted octanol–water partition coefficient (Wildman–Crippen LogP) is 3.35. The quantitative estimate of drug-likeness (QED) is 0.758. The van der Waals surface area contributed by atoms with Crippen LogP contribution in [0.3, 0.4) is 0 Å². The first-order valence-corrected chi connectivity index (χ1v) is 7.36. The molecule has 0 spiro atoms. The van der Waals surface area contributed by atoms with Crippen LogP contribution >= 0.6 is 0 Å². The summed E-state index contributed by atoms with van der Waals surface area (Å²) >= 11 is 0. The van der Waals surface area contributed by atoms with Gasteiger partial charge in [0.2, 0.25) is 0 Å². The molecule has 0 fully saturated rings. The van der Waals surface area contributed by atoms with E-state index in [2.05, 4.69) is 51.0 Å². The van der Waals surface area contributed by atoms with Crippen LogP contribution < -0.4 is 5.32 Å². The van der Waals surface area contributed by atoms with Gasteiger partial charge in [-0.2, -0.15) is 0 Å². The Bertz CT molecular complexity index is 384. The fourth-order valence-corrected chi connectivity index (χ4v) is 2.57. The number of nitrogens with zero attached hydrogens (tertiary/aromatic N) is 1. The van der Waals surface area contributed by atoms with Crippen LogP contribution in [0.4, 0.5) is 0 Å². The third-order valence-corrected chi connectivity index (χ3v) is 4.17. The van der Waals surface area contributed by atoms with Crippen molar-refractivity contribution >= 4 is 0 Å². The molecule has 0 aliphatic rings. The molecule has 1 aromatic carbocycles. The molecule has 0 aliphatic carbocycles. The summed E-state index contributed by atoms with van der Waals surface area (Å²) in [6.45, 7) is 12.3. The van der Waals surface area contributed by atoms with Crippen molar-refractivity contribution in [2.24, 2.45) is 0 Å². The fraction of sp³-hybridized carbons (Fsp3) is 0.647. The number of benzene rings is 1. The lowest BCUT2D eigenvalue weighted by Gasteiger charge is -2.22. The van der Waals surface area contributed by atoms with Gasteiger partial charge in [0.25, 0.3) is 0 Å². The van der Waals surface area contributed by atoms with Crippen molar-refractivity contribution < 1.29 is 0 Å². The molecule has 0 aromatic heterocycles. The fourth-order valence-electron chi connectivity index (χ4n) is 2.57. The second-order valence-electron chi connectivity index (χ2n) is 5.79. The Morgan fingerprint density at radius 2 is 1.58 bits per heavy atom. The lowest BCUT2D eigenvalue weighted by Crippen LogP contribution is -2.21. The molecule has 0 atom stereocenters. The molecule has 1 aromatic rings. The summed E-state index contributed by atoms with van der Waals surface area (Å²) in [7, 11) is 4.25. The molecule has 0 unspecified atom stereocenters. The maximum absolute atomic E-state index is 3.21. The first kappa shape index (κ1) is 16.2. The van der Waals surface area contributed by atoms with Gasteiger partial charge in [-0.05, 0) is 95.5 Å². The average molecular weight is 262 g/mol. The van der Waals surface area contributed by atoms with Crippen LogP contribution in [-0.4, -0.2) is 32.1 Å². The lowest BCUT2D eigenvalue weighted by molar-refractivity contribution is 0.317. The Labute approximate surface area is 119 Å². The van der Waals surface area contributed by atoms with E-state index in [1.165, 1.54) is 47.2 Å². The molecule has 0 heterocycles. The van der Waals surface area contributed by atoms with E-state index >= 15 is 0 Å². The van der Waals surface area contributed by atoms with Gasteiger partial charge in [0.1, 0.15) is 0 Å². The lowest BCUT2D eigenvalue weighted by atomic mass is 9.94. The summed E-state index contributed by atoms with van der Waals surface area (Å²) in [5.74, 6) is 0. The zero-order valence-electron chi connectivity index (χ0n) is 13.6. The van der Waals surface area contributed by atoms with Crippen LogP contribution in [0.25, 0.3) is 0 Å². The van der Waals surface area contributed by atoms with Gasteiger partial charge in [-0.25, -0.2) is 0 Å². The van der Waals surface area contributed by atoms with Gasteiger partial charge in [-0.1, -0.05) is 6.07 Å². The number of aryl methyl sites for hydroxylation is 2. The SMILES string of the molecule is CNCCCCN(C)Cc1c(C)c(C)cc(C)c1C. The molecule has 0 saturated carbocycles. The monoisotopic (exact) mass is 262 g/mol. The van der Waals surface area contributed by atoms with E-state index in [9.17, 15) is 0 Å². The van der Waals surface area contributed by atoms with Crippen molar-refractivity contribution in [1.82, 2.24) is 10.2 Å². The molecule has 2 heteroatoms. The highest BCUT2D eigenvalue weighted by Gasteiger charge is 2.10. The number of nitrogens with one attached hydrogen (secondary N) is 1. The van der Waals surface area contributed by atoms with Crippen molar-refractivity contribution in [3.05, 3.63) is 33.9 Å². The molecule has 19 heavy (non-hydrogen) atoms. The van der Waals surface area contributed by atoms with Gasteiger partial charge in [-0.3, -0.25) is 0 Å². The third kappa shape index (κ3) is 4.63. The maximum atomic E-state index is 3.21. The summed E-state index contributed by atoms with van der Waals surface area (Å²) in [4.78, 5) is 2.45. The van der Waals surface area contributed by atoms with E-state index in [0.29, 0.717) is 0 Å². The van der Waals surface area contributed by atoms with E-state index in [1.807, 2.05) is 7.05 Å². The zero-order valence-corrected chi connectivity index (χ0v) is 13.6. The summed E-state index contributed by atoms with van der Waals surface area (Å²) in [6.07, 6.45) is 2.52. The Kier molecular flexibility index (Phi) is 6.53. The second kappa shape index (κ2) is 7.66. The standard InChI is InChI=1S/C17H30N2/c1-13-11-14(2)16(4)17(15(13)3)12-19(6)10-8-7-9-18-5/h11,18H,7-10,12H2,1-6H3. The minimum atomic E-state index is 1.07. The molecule has 1 rings (SSSR count). The Balaban J connectivity index is 2.66. The van der Waals surface area contributed by atoms with Crippen LogP contribution in [-0.2, 0) is 6.54 Å². The van der Waals surface area contributed by atoms with Gasteiger partial charge in [0.15, 0.2) is 0 Å². The molecule has 0 amide bonds. The number of rotatable bonds is 7. The Hall–Kier alpha value is -0.860. The van der Waals surface area contributed by atoms with Gasteiger partial charge in [0, 0.05) is 6.54 Å². The number of hydrogen-bond donors (Lipinski definition) is 1. The summed E-state index contributed by atoms with van der Waals surface area (Å²) in [6, 6.07) is 2.31. The van der Waals surface area contributed by atoms with Gasteiger partial charge in [0.05, 0.1) is 0 Å². The first-order chi connectivity index (χ1) is 8.97. The molecular formula is C17H30N2. The van der Waals surface area contributed by atoms with E-state index in [1.54, 1.807) is 0 Å². The normalized spacial score (nSPS) is 11.3. The van der Waals surface area contributed by atoms with Crippen LogP contribution in [0.15, 0.2) is 6.07 Å². The molecule has 2 nitrogen and oxygen atoms in total. The average Bonchev–Trinajstić information content (AvgIpc) is 2.37. The maximum Gasteiger partial charge on any atom is 0.0236 e. The van der Waals surface area contributed by atoms with Crippen LogP contribution in [0.5, 0.6) is 0 Å². The molecular weight excluding hydrogens is 232 g/mol. The topological polar surface area (TPSA) is 15.3 Å². The highest BCUT2D eigenvalue weighted by Crippen LogP contribution is 2.22. The van der Waals surface area contributed by atoms with Crippen molar-refractivity contribution in [2.45, 2.75) is 47.1 Å². The molecule has 0 saturated heterocycles. The molecule has 1 N–H and O–H groups in total. The summed E-state index contributed by atoms with van der Waals surface area (Å²) in [5.41, 5.74) is 7.28. The van der Waals surface area contributed by atoms with Crippen molar-refractivity contribution in [1.29, 1.82) is 0 Å². The van der Waals surface area contributed by atoms with Gasteiger partial charge in [-0.15, -0.1) is 0 Å². The summed E-state index contributed by atoms with van der Waals surface area (Å²) in [5, 5.41) is 3.21. The largest absolute Gasteiger partial charge is 0.320 e. The van der Waals surface area contributed by atoms with Crippen molar-refractivity contribution in [3.63, 3.8) is 0 Å². The highest BCUT2D eigenvalue weighted by molar-refractivity contribution is 5.43. The zero-order chi connectivity index (χ0) is 14.4. The van der Waals surface area contributed by atoms with Gasteiger partial charge < -0.3 is 10.2 Å². The van der Waals surface area contributed by atoms with Crippen LogP contribution in [0, 0.1) is 27.7 Å². The predicted molar refractivity (Wildman–Crippen MR) is 84.9 cm³/mol. The van der Waals surface area contributed by atoms with E-state index in [4.69, 9.17) is 0 Å². The molecule has 0 aliphatic heterocycles. The second-order valence-corrected chi connectivity index (χ2v) is 5.79. The van der Waals surface area contributed by atoms with Crippen molar-refractivity contribution in [3.8, 4) is 0 Å². The van der Waals surface area contributed by atoms with E-state index in [-0.39, 0.29) is 0 Å². The van der Waals surface area contributed by atoms with E-state index in [0.717, 1.165) is 13.1 Å². The van der Waals surface area contributed by atoms with Gasteiger partial charge >= 0.3 is 0 Å². The molecule has 108 valence electrons. The van der Waals surface area contributed by atoms with E-state index < -0.39 is 0 Å². The molecule has 0 bridgehead atoms. The van der Waals surface area contributed by atoms with Crippen LogP contribution in [0.1, 0.15) is 40.7 Å². The van der Waals surface area contributed by atoms with Crippen molar-refractivity contribution in [2.75, 3.05) is 27.2 Å². The molecule has 0 radical (unpaired) electrons. The highest BCUT2D eigenvalue weighted by atomic mass is 15.1. The summed E-state index contributed by atoms with van der Waals surface area (Å²) < 4.78 is 0. The minimum absolute atomic E-state index is 1.07. The minimum Gasteiger partial charge on any atom is -0.320 e. The van der Waals surface area contributed by atoms with Crippen LogP contribution in [0.2, 0.25) is 0 Å². The Morgan fingerprint density at radius 3 is 2.11 bits per heavy atom. The number of hydrogen-bond acceptors (Lipinski definition) is 2. The smallest absolute Gasteiger partial charge is 0.0236 e. The Morgan fingerprint density at radius 1 is 1.00 bits per heavy atom. The first-order valence-electron chi connectivity index (χ1n) is 7.36. The number of unbranched alkanes of at least 4 members (excludes halogenated alkanes) is 1.